The van der Waals surface area contributed by atoms with Crippen molar-refractivity contribution in [1.82, 2.24) is 14.6 Å². The summed E-state index contributed by atoms with van der Waals surface area (Å²) in [5.74, 6) is 1.86. The third kappa shape index (κ3) is 2.68. The molecule has 1 aliphatic rings. The van der Waals surface area contributed by atoms with E-state index in [1.807, 2.05) is 10.7 Å². The van der Waals surface area contributed by atoms with E-state index in [1.54, 1.807) is 6.20 Å². The summed E-state index contributed by atoms with van der Waals surface area (Å²) in [5.41, 5.74) is 0.900. The van der Waals surface area contributed by atoms with Crippen molar-refractivity contribution in [3.05, 3.63) is 22.9 Å². The zero-order chi connectivity index (χ0) is 14.1. The normalized spacial score (nSPS) is 19.4. The summed E-state index contributed by atoms with van der Waals surface area (Å²) in [5, 5.41) is 4.25. The first-order valence-electron chi connectivity index (χ1n) is 7.41. The molecule has 0 saturated carbocycles. The van der Waals surface area contributed by atoms with Gasteiger partial charge < -0.3 is 4.90 Å². The maximum absolute atomic E-state index is 4.77. The maximum atomic E-state index is 4.77. The van der Waals surface area contributed by atoms with E-state index in [9.17, 15) is 0 Å². The molecular weight excluding hydrogens is 316 g/mol. The van der Waals surface area contributed by atoms with E-state index in [2.05, 4.69) is 45.8 Å². The number of hydrogen-bond acceptors (Lipinski definition) is 3. The average molecular weight is 337 g/mol. The molecule has 1 saturated heterocycles. The Kier molecular flexibility index (Phi) is 3.96. The summed E-state index contributed by atoms with van der Waals surface area (Å²) in [6.07, 6.45) is 8.92. The maximum Gasteiger partial charge on any atom is 0.171 e. The number of halogens is 1. The predicted molar refractivity (Wildman–Crippen MR) is 85.1 cm³/mol. The van der Waals surface area contributed by atoms with Crippen LogP contribution in [-0.2, 0) is 0 Å². The van der Waals surface area contributed by atoms with Crippen LogP contribution in [0.25, 0.3) is 5.65 Å². The fourth-order valence-corrected chi connectivity index (χ4v) is 3.32. The smallest absolute Gasteiger partial charge is 0.171 e. The monoisotopic (exact) mass is 336 g/mol. The second-order valence-corrected chi connectivity index (χ2v) is 6.86. The largest absolute Gasteiger partial charge is 0.354 e. The number of hydrogen-bond donors (Lipinski definition) is 0. The van der Waals surface area contributed by atoms with Crippen LogP contribution in [0.5, 0.6) is 0 Å². The minimum Gasteiger partial charge on any atom is -0.354 e. The standard InChI is InChI=1S/C15H21BrN4/c1-11(2)5-6-12-4-3-8-19(12)14-7-9-20-15(18-14)13(16)10-17-20/h7,9-12H,3-6,8H2,1-2H3. The lowest BCUT2D eigenvalue weighted by Crippen LogP contribution is -2.30. The molecule has 0 N–H and O–H groups in total. The lowest BCUT2D eigenvalue weighted by Gasteiger charge is -2.26. The van der Waals surface area contributed by atoms with Crippen molar-refractivity contribution in [2.75, 3.05) is 11.4 Å². The van der Waals surface area contributed by atoms with Crippen molar-refractivity contribution in [3.8, 4) is 0 Å². The number of rotatable bonds is 4. The van der Waals surface area contributed by atoms with Gasteiger partial charge in [-0.15, -0.1) is 0 Å². The van der Waals surface area contributed by atoms with Crippen molar-refractivity contribution < 1.29 is 0 Å². The number of nitrogens with zero attached hydrogens (tertiary/aromatic N) is 4. The molecule has 0 radical (unpaired) electrons. The van der Waals surface area contributed by atoms with Crippen molar-refractivity contribution >= 4 is 27.4 Å². The molecule has 2 aromatic heterocycles. The van der Waals surface area contributed by atoms with Gasteiger partial charge in [-0.25, -0.2) is 9.50 Å². The molecule has 20 heavy (non-hydrogen) atoms. The van der Waals surface area contributed by atoms with Gasteiger partial charge in [0.1, 0.15) is 5.82 Å². The van der Waals surface area contributed by atoms with Crippen molar-refractivity contribution in [2.45, 2.75) is 45.6 Å². The van der Waals surface area contributed by atoms with Gasteiger partial charge >= 0.3 is 0 Å². The van der Waals surface area contributed by atoms with Gasteiger partial charge in [0.25, 0.3) is 0 Å². The molecular formula is C15H21BrN4. The second kappa shape index (κ2) is 5.72. The summed E-state index contributed by atoms with van der Waals surface area (Å²) >= 11 is 3.51. The van der Waals surface area contributed by atoms with Crippen LogP contribution in [0, 0.1) is 5.92 Å². The molecule has 1 aliphatic heterocycles. The zero-order valence-electron chi connectivity index (χ0n) is 12.1. The Labute approximate surface area is 128 Å². The highest BCUT2D eigenvalue weighted by molar-refractivity contribution is 9.10. The first-order chi connectivity index (χ1) is 9.65. The van der Waals surface area contributed by atoms with Crippen LogP contribution in [-0.4, -0.2) is 27.2 Å². The van der Waals surface area contributed by atoms with Gasteiger partial charge in [-0.05, 0) is 53.6 Å². The molecule has 1 unspecified atom stereocenters. The van der Waals surface area contributed by atoms with E-state index < -0.39 is 0 Å². The lowest BCUT2D eigenvalue weighted by molar-refractivity contribution is 0.494. The fraction of sp³-hybridized carbons (Fsp3) is 0.600. The molecule has 0 spiro atoms. The molecule has 108 valence electrons. The molecule has 5 heteroatoms. The molecule has 0 aliphatic carbocycles. The molecule has 2 aromatic rings. The summed E-state index contributed by atoms with van der Waals surface area (Å²) in [6, 6.07) is 2.73. The SMILES string of the molecule is CC(C)CCC1CCCN1c1ccn2ncc(Br)c2n1. The Morgan fingerprint density at radius 2 is 2.30 bits per heavy atom. The first kappa shape index (κ1) is 13.9. The van der Waals surface area contributed by atoms with E-state index in [0.29, 0.717) is 6.04 Å². The van der Waals surface area contributed by atoms with Gasteiger partial charge in [-0.3, -0.25) is 0 Å². The van der Waals surface area contributed by atoms with Crippen molar-refractivity contribution in [2.24, 2.45) is 5.92 Å². The van der Waals surface area contributed by atoms with Crippen LogP contribution >= 0.6 is 15.9 Å². The van der Waals surface area contributed by atoms with Gasteiger partial charge in [0.05, 0.1) is 10.7 Å². The van der Waals surface area contributed by atoms with Gasteiger partial charge in [-0.2, -0.15) is 5.10 Å². The third-order valence-electron chi connectivity index (χ3n) is 4.06. The number of anilines is 1. The van der Waals surface area contributed by atoms with Gasteiger partial charge in [0, 0.05) is 18.8 Å². The van der Waals surface area contributed by atoms with E-state index in [1.165, 1.54) is 25.7 Å². The van der Waals surface area contributed by atoms with E-state index in [0.717, 1.165) is 28.4 Å². The number of fused-ring (bicyclic) bond motifs is 1. The van der Waals surface area contributed by atoms with Crippen molar-refractivity contribution in [1.29, 1.82) is 0 Å². The predicted octanol–water partition coefficient (Wildman–Crippen LogP) is 3.90. The average Bonchev–Trinajstić information content (AvgIpc) is 3.03. The first-order valence-corrected chi connectivity index (χ1v) is 8.21. The summed E-state index contributed by atoms with van der Waals surface area (Å²) in [6.45, 7) is 5.72. The third-order valence-corrected chi connectivity index (χ3v) is 4.62. The van der Waals surface area contributed by atoms with Crippen LogP contribution in [0.2, 0.25) is 0 Å². The van der Waals surface area contributed by atoms with E-state index in [4.69, 9.17) is 4.98 Å². The summed E-state index contributed by atoms with van der Waals surface area (Å²) < 4.78 is 2.77. The molecule has 3 heterocycles. The van der Waals surface area contributed by atoms with Gasteiger partial charge in [0.2, 0.25) is 0 Å². The van der Waals surface area contributed by atoms with Gasteiger partial charge in [-0.1, -0.05) is 13.8 Å². The minimum absolute atomic E-state index is 0.647. The molecule has 3 rings (SSSR count). The van der Waals surface area contributed by atoms with Crippen LogP contribution < -0.4 is 4.90 Å². The second-order valence-electron chi connectivity index (χ2n) is 6.01. The highest BCUT2D eigenvalue weighted by Crippen LogP contribution is 2.28. The van der Waals surface area contributed by atoms with E-state index in [-0.39, 0.29) is 0 Å². The van der Waals surface area contributed by atoms with E-state index >= 15 is 0 Å². The van der Waals surface area contributed by atoms with Crippen molar-refractivity contribution in [3.63, 3.8) is 0 Å². The van der Waals surface area contributed by atoms with Crippen LogP contribution in [0.1, 0.15) is 39.5 Å². The minimum atomic E-state index is 0.647. The molecule has 0 bridgehead atoms. The Morgan fingerprint density at radius 1 is 1.45 bits per heavy atom. The van der Waals surface area contributed by atoms with Crippen LogP contribution in [0.3, 0.4) is 0 Å². The summed E-state index contributed by atoms with van der Waals surface area (Å²) in [7, 11) is 0. The number of aromatic nitrogens is 3. The highest BCUT2D eigenvalue weighted by Gasteiger charge is 2.25. The Bertz CT molecular complexity index is 593. The molecule has 1 atom stereocenters. The Morgan fingerprint density at radius 3 is 3.10 bits per heavy atom. The zero-order valence-corrected chi connectivity index (χ0v) is 13.7. The molecule has 4 nitrogen and oxygen atoms in total. The Hall–Kier alpha value is -1.10. The quantitative estimate of drug-likeness (QED) is 0.848. The summed E-state index contributed by atoms with van der Waals surface area (Å²) in [4.78, 5) is 7.25. The lowest BCUT2D eigenvalue weighted by atomic mass is 10.0. The van der Waals surface area contributed by atoms with Crippen LogP contribution in [0.4, 0.5) is 5.82 Å². The molecule has 1 fully saturated rings. The van der Waals surface area contributed by atoms with Gasteiger partial charge in [0.15, 0.2) is 5.65 Å². The fourth-order valence-electron chi connectivity index (χ4n) is 2.95. The topological polar surface area (TPSA) is 33.4 Å². The van der Waals surface area contributed by atoms with Crippen LogP contribution in [0.15, 0.2) is 22.9 Å². The molecule has 0 aromatic carbocycles. The highest BCUT2D eigenvalue weighted by atomic mass is 79.9. The molecule has 0 amide bonds. The Balaban J connectivity index is 1.83.